The van der Waals surface area contributed by atoms with E-state index in [1.54, 1.807) is 11.3 Å². The Labute approximate surface area is 107 Å². The minimum atomic E-state index is -0.330. The van der Waals surface area contributed by atoms with Crippen LogP contribution in [0, 0.1) is 6.92 Å². The Kier molecular flexibility index (Phi) is 5.65. The molecule has 1 aromatic heterocycles. The summed E-state index contributed by atoms with van der Waals surface area (Å²) < 4.78 is 5.12. The molecule has 4 heteroatoms. The Balaban J connectivity index is 2.82. The Morgan fingerprint density at radius 3 is 2.65 bits per heavy atom. The number of esters is 1. The number of rotatable bonds is 6. The van der Waals surface area contributed by atoms with Crippen LogP contribution in [0.15, 0.2) is 12.1 Å². The molecule has 0 fully saturated rings. The predicted molar refractivity (Wildman–Crippen MR) is 71.3 cm³/mol. The lowest BCUT2D eigenvalue weighted by Gasteiger charge is -2.20. The van der Waals surface area contributed by atoms with Crippen LogP contribution in [0.5, 0.6) is 0 Å². The van der Waals surface area contributed by atoms with Crippen molar-refractivity contribution in [2.75, 3.05) is 6.61 Å². The zero-order chi connectivity index (χ0) is 12.8. The summed E-state index contributed by atoms with van der Waals surface area (Å²) in [6, 6.07) is 4.00. The fourth-order valence-electron chi connectivity index (χ4n) is 1.50. The molecule has 17 heavy (non-hydrogen) atoms. The Morgan fingerprint density at radius 1 is 1.47 bits per heavy atom. The van der Waals surface area contributed by atoms with Crippen LogP contribution < -0.4 is 5.32 Å². The van der Waals surface area contributed by atoms with Gasteiger partial charge >= 0.3 is 5.97 Å². The van der Waals surface area contributed by atoms with E-state index in [1.807, 2.05) is 26.0 Å². The zero-order valence-corrected chi connectivity index (χ0v) is 11.8. The molecular formula is C13H21NO2S. The molecule has 2 unspecified atom stereocenters. The molecule has 0 bridgehead atoms. The van der Waals surface area contributed by atoms with E-state index >= 15 is 0 Å². The highest BCUT2D eigenvalue weighted by atomic mass is 32.1. The third kappa shape index (κ3) is 4.13. The first kappa shape index (κ1) is 14.2. The maximum atomic E-state index is 11.9. The Morgan fingerprint density at radius 2 is 2.18 bits per heavy atom. The van der Waals surface area contributed by atoms with Gasteiger partial charge in [-0.1, -0.05) is 6.92 Å². The van der Waals surface area contributed by atoms with Crippen LogP contribution in [0.1, 0.15) is 43.0 Å². The average Bonchev–Trinajstić information content (AvgIpc) is 2.72. The van der Waals surface area contributed by atoms with Gasteiger partial charge in [0.15, 0.2) is 0 Å². The molecule has 1 rings (SSSR count). The van der Waals surface area contributed by atoms with Crippen molar-refractivity contribution < 1.29 is 9.53 Å². The molecule has 0 aliphatic heterocycles. The van der Waals surface area contributed by atoms with E-state index in [0.29, 0.717) is 12.6 Å². The van der Waals surface area contributed by atoms with Crippen molar-refractivity contribution in [3.63, 3.8) is 0 Å². The van der Waals surface area contributed by atoms with Crippen molar-refractivity contribution in [2.45, 2.75) is 46.2 Å². The standard InChI is InChI=1S/C13H21NO2S/c1-5-9(3)14-12(13(15)16-6-2)11-8-7-10(4)17-11/h7-9,12,14H,5-6H2,1-4H3. The van der Waals surface area contributed by atoms with Crippen molar-refractivity contribution >= 4 is 17.3 Å². The van der Waals surface area contributed by atoms with E-state index in [0.717, 1.165) is 11.3 Å². The monoisotopic (exact) mass is 255 g/mol. The lowest BCUT2D eigenvalue weighted by molar-refractivity contribution is -0.146. The fraction of sp³-hybridized carbons (Fsp3) is 0.615. The summed E-state index contributed by atoms with van der Waals surface area (Å²) in [7, 11) is 0. The third-order valence-corrected chi connectivity index (χ3v) is 3.70. The molecule has 0 radical (unpaired) electrons. The molecule has 0 aromatic carbocycles. The van der Waals surface area contributed by atoms with Crippen LogP contribution in [0.25, 0.3) is 0 Å². The average molecular weight is 255 g/mol. The van der Waals surface area contributed by atoms with Crippen LogP contribution in [-0.2, 0) is 9.53 Å². The predicted octanol–water partition coefficient (Wildman–Crippen LogP) is 3.05. The van der Waals surface area contributed by atoms with Gasteiger partial charge in [0.2, 0.25) is 0 Å². The second-order valence-corrected chi connectivity index (χ2v) is 5.43. The van der Waals surface area contributed by atoms with Gasteiger partial charge in [0, 0.05) is 15.8 Å². The van der Waals surface area contributed by atoms with E-state index in [2.05, 4.69) is 19.2 Å². The second-order valence-electron chi connectivity index (χ2n) is 4.11. The van der Waals surface area contributed by atoms with Gasteiger partial charge in [0.05, 0.1) is 6.61 Å². The maximum absolute atomic E-state index is 11.9. The SMILES string of the molecule is CCOC(=O)C(NC(C)CC)c1ccc(C)s1. The van der Waals surface area contributed by atoms with Crippen LogP contribution in [-0.4, -0.2) is 18.6 Å². The number of carbonyl (C=O) groups is 1. The molecule has 3 nitrogen and oxygen atoms in total. The Bertz CT molecular complexity index is 362. The lowest BCUT2D eigenvalue weighted by atomic mass is 10.2. The molecule has 0 aliphatic carbocycles. The van der Waals surface area contributed by atoms with Crippen LogP contribution in [0.3, 0.4) is 0 Å². The second kappa shape index (κ2) is 6.77. The topological polar surface area (TPSA) is 38.3 Å². The number of ether oxygens (including phenoxy) is 1. The molecule has 2 atom stereocenters. The van der Waals surface area contributed by atoms with Crippen molar-refractivity contribution in [1.29, 1.82) is 0 Å². The molecule has 0 aliphatic rings. The summed E-state index contributed by atoms with van der Waals surface area (Å²) >= 11 is 1.64. The van der Waals surface area contributed by atoms with E-state index in [4.69, 9.17) is 4.74 Å². The Hall–Kier alpha value is -0.870. The van der Waals surface area contributed by atoms with Gasteiger partial charge in [-0.15, -0.1) is 11.3 Å². The van der Waals surface area contributed by atoms with Gasteiger partial charge < -0.3 is 4.74 Å². The van der Waals surface area contributed by atoms with Crippen molar-refractivity contribution in [2.24, 2.45) is 0 Å². The number of aryl methyl sites for hydroxylation is 1. The molecular weight excluding hydrogens is 234 g/mol. The fourth-order valence-corrected chi connectivity index (χ4v) is 2.43. The largest absolute Gasteiger partial charge is 0.465 e. The first-order valence-corrected chi connectivity index (χ1v) is 6.89. The van der Waals surface area contributed by atoms with Gasteiger partial charge in [-0.05, 0) is 39.3 Å². The molecule has 1 aromatic rings. The van der Waals surface area contributed by atoms with E-state index in [-0.39, 0.29) is 12.0 Å². The van der Waals surface area contributed by atoms with Gasteiger partial charge in [-0.3, -0.25) is 5.32 Å². The van der Waals surface area contributed by atoms with E-state index in [9.17, 15) is 4.79 Å². The minimum Gasteiger partial charge on any atom is -0.465 e. The van der Waals surface area contributed by atoms with Gasteiger partial charge in [0.1, 0.15) is 6.04 Å². The highest BCUT2D eigenvalue weighted by molar-refractivity contribution is 7.12. The molecule has 0 saturated heterocycles. The molecule has 1 heterocycles. The van der Waals surface area contributed by atoms with Gasteiger partial charge in [-0.2, -0.15) is 0 Å². The first-order valence-electron chi connectivity index (χ1n) is 6.07. The summed E-state index contributed by atoms with van der Waals surface area (Å²) in [5, 5.41) is 3.32. The summed E-state index contributed by atoms with van der Waals surface area (Å²) in [4.78, 5) is 14.2. The maximum Gasteiger partial charge on any atom is 0.328 e. The van der Waals surface area contributed by atoms with Crippen molar-refractivity contribution in [3.05, 3.63) is 21.9 Å². The van der Waals surface area contributed by atoms with E-state index < -0.39 is 0 Å². The smallest absolute Gasteiger partial charge is 0.328 e. The summed E-state index contributed by atoms with van der Waals surface area (Å²) in [5.41, 5.74) is 0. The van der Waals surface area contributed by atoms with Crippen LogP contribution >= 0.6 is 11.3 Å². The minimum absolute atomic E-state index is 0.186. The molecule has 0 saturated carbocycles. The highest BCUT2D eigenvalue weighted by Crippen LogP contribution is 2.24. The number of carbonyl (C=O) groups excluding carboxylic acids is 1. The number of hydrogen-bond acceptors (Lipinski definition) is 4. The lowest BCUT2D eigenvalue weighted by Crippen LogP contribution is -2.35. The van der Waals surface area contributed by atoms with Crippen molar-refractivity contribution in [3.8, 4) is 0 Å². The number of hydrogen-bond donors (Lipinski definition) is 1. The number of thiophene rings is 1. The quantitative estimate of drug-likeness (QED) is 0.794. The summed E-state index contributed by atoms with van der Waals surface area (Å²) in [5.74, 6) is -0.186. The molecule has 0 amide bonds. The van der Waals surface area contributed by atoms with Crippen molar-refractivity contribution in [1.82, 2.24) is 5.32 Å². The normalized spacial score (nSPS) is 14.4. The summed E-state index contributed by atoms with van der Waals surface area (Å²) in [6.45, 7) is 8.46. The zero-order valence-electron chi connectivity index (χ0n) is 10.9. The third-order valence-electron chi connectivity index (χ3n) is 2.63. The molecule has 1 N–H and O–H groups in total. The van der Waals surface area contributed by atoms with Crippen LogP contribution in [0.2, 0.25) is 0 Å². The number of nitrogens with one attached hydrogen (secondary N) is 1. The molecule has 0 spiro atoms. The van der Waals surface area contributed by atoms with Gasteiger partial charge in [0.25, 0.3) is 0 Å². The van der Waals surface area contributed by atoms with Gasteiger partial charge in [-0.25, -0.2) is 4.79 Å². The molecule has 96 valence electrons. The van der Waals surface area contributed by atoms with Crippen LogP contribution in [0.4, 0.5) is 0 Å². The van der Waals surface area contributed by atoms with E-state index in [1.165, 1.54) is 4.88 Å². The summed E-state index contributed by atoms with van der Waals surface area (Å²) in [6.07, 6.45) is 0.986. The highest BCUT2D eigenvalue weighted by Gasteiger charge is 2.24. The first-order chi connectivity index (χ1) is 8.08.